The van der Waals surface area contributed by atoms with Gasteiger partial charge in [-0.05, 0) is 39.8 Å². The summed E-state index contributed by atoms with van der Waals surface area (Å²) < 4.78 is 5.30. The molecule has 1 atom stereocenters. The van der Waals surface area contributed by atoms with Crippen LogP contribution in [0.5, 0.6) is 0 Å². The van der Waals surface area contributed by atoms with Crippen LogP contribution in [-0.2, 0) is 9.53 Å². The van der Waals surface area contributed by atoms with Crippen LogP contribution in [0.1, 0.15) is 36.5 Å². The summed E-state index contributed by atoms with van der Waals surface area (Å²) >= 11 is 1.59. The van der Waals surface area contributed by atoms with Crippen molar-refractivity contribution in [3.63, 3.8) is 0 Å². The summed E-state index contributed by atoms with van der Waals surface area (Å²) in [5, 5.41) is 9.36. The largest absolute Gasteiger partial charge is 0.384 e. The van der Waals surface area contributed by atoms with E-state index >= 15 is 0 Å². The van der Waals surface area contributed by atoms with Crippen LogP contribution in [0.15, 0.2) is 5.38 Å². The average Bonchev–Trinajstić information content (AvgIpc) is 2.87. The Morgan fingerprint density at radius 3 is 2.85 bits per heavy atom. The first-order chi connectivity index (χ1) is 9.57. The summed E-state index contributed by atoms with van der Waals surface area (Å²) in [6.45, 7) is 6.15. The highest BCUT2D eigenvalue weighted by Crippen LogP contribution is 2.30. The number of ether oxygens (including phenoxy) is 1. The van der Waals surface area contributed by atoms with Crippen molar-refractivity contribution in [3.05, 3.63) is 16.1 Å². The molecule has 1 unspecified atom stereocenters. The summed E-state index contributed by atoms with van der Waals surface area (Å²) in [5.41, 5.74) is 0.597. The number of methoxy groups -OCH3 is 1. The minimum Gasteiger partial charge on any atom is -0.384 e. The second kappa shape index (κ2) is 6.65. The molecule has 0 aromatic carbocycles. The topological polar surface area (TPSA) is 63.2 Å². The van der Waals surface area contributed by atoms with Gasteiger partial charge in [0.25, 0.3) is 0 Å². The first-order valence-corrected chi connectivity index (χ1v) is 7.88. The van der Waals surface area contributed by atoms with Gasteiger partial charge < -0.3 is 15.4 Å². The van der Waals surface area contributed by atoms with Crippen LogP contribution >= 0.6 is 11.3 Å². The fraction of sp³-hybridized carbons (Fsp3) is 0.714. The van der Waals surface area contributed by atoms with Crippen LogP contribution in [-0.4, -0.2) is 37.7 Å². The number of carbonyl (C=O) groups excluding carboxylic acids is 1. The molecular formula is C14H23N3O2S. The number of hydrogen-bond acceptors (Lipinski definition) is 5. The van der Waals surface area contributed by atoms with Gasteiger partial charge in [0.2, 0.25) is 5.91 Å². The summed E-state index contributed by atoms with van der Waals surface area (Å²) in [5.74, 6) is 0.0844. The van der Waals surface area contributed by atoms with E-state index in [4.69, 9.17) is 4.74 Å². The molecule has 112 valence electrons. The molecule has 0 bridgehead atoms. The van der Waals surface area contributed by atoms with E-state index in [2.05, 4.69) is 15.6 Å². The molecule has 1 aliphatic rings. The number of piperidine rings is 1. The Morgan fingerprint density at radius 1 is 1.60 bits per heavy atom. The zero-order chi connectivity index (χ0) is 14.6. The fourth-order valence-electron chi connectivity index (χ4n) is 2.60. The molecule has 20 heavy (non-hydrogen) atoms. The molecule has 0 spiro atoms. The number of nitrogens with one attached hydrogen (secondary N) is 2. The maximum absolute atomic E-state index is 12.7. The van der Waals surface area contributed by atoms with E-state index in [1.54, 1.807) is 18.4 Å². The number of thiazole rings is 1. The van der Waals surface area contributed by atoms with Crippen LogP contribution in [0.2, 0.25) is 0 Å². The molecule has 0 aliphatic carbocycles. The van der Waals surface area contributed by atoms with Crippen LogP contribution in [0, 0.1) is 12.3 Å². The lowest BCUT2D eigenvalue weighted by Crippen LogP contribution is -2.50. The SMILES string of the molecule is COCC1(C(=O)NC(C)c2nc(C)cs2)CCNCC1. The minimum absolute atomic E-state index is 0.0511. The van der Waals surface area contributed by atoms with Gasteiger partial charge in [0.05, 0.1) is 18.1 Å². The number of hydrogen-bond donors (Lipinski definition) is 2. The molecule has 0 saturated carbocycles. The zero-order valence-corrected chi connectivity index (χ0v) is 13.2. The number of aromatic nitrogens is 1. The Kier molecular flexibility index (Phi) is 5.12. The second-order valence-electron chi connectivity index (χ2n) is 5.49. The molecule has 1 amide bonds. The highest BCUT2D eigenvalue weighted by atomic mass is 32.1. The Balaban J connectivity index is 2.04. The van der Waals surface area contributed by atoms with E-state index in [1.165, 1.54) is 0 Å². The highest BCUT2D eigenvalue weighted by molar-refractivity contribution is 7.09. The molecule has 0 radical (unpaired) electrons. The number of carbonyl (C=O) groups is 1. The van der Waals surface area contributed by atoms with Crippen molar-refractivity contribution in [3.8, 4) is 0 Å². The average molecular weight is 297 g/mol. The number of rotatable bonds is 5. The minimum atomic E-state index is -0.402. The van der Waals surface area contributed by atoms with Crippen LogP contribution in [0.4, 0.5) is 0 Å². The van der Waals surface area contributed by atoms with Crippen molar-refractivity contribution >= 4 is 17.2 Å². The van der Waals surface area contributed by atoms with Gasteiger partial charge in [-0.1, -0.05) is 0 Å². The van der Waals surface area contributed by atoms with Crippen molar-refractivity contribution in [2.45, 2.75) is 32.7 Å². The second-order valence-corrected chi connectivity index (χ2v) is 6.38. The molecular weight excluding hydrogens is 274 g/mol. The third-order valence-corrected chi connectivity index (χ3v) is 4.96. The lowest BCUT2D eigenvalue weighted by molar-refractivity contribution is -0.136. The fourth-order valence-corrected chi connectivity index (χ4v) is 3.40. The maximum Gasteiger partial charge on any atom is 0.229 e. The van der Waals surface area contributed by atoms with E-state index in [0.29, 0.717) is 6.61 Å². The lowest BCUT2D eigenvalue weighted by atomic mass is 9.78. The summed E-state index contributed by atoms with van der Waals surface area (Å²) in [6, 6.07) is -0.0511. The Labute approximate surface area is 124 Å². The van der Waals surface area contributed by atoms with E-state index in [-0.39, 0.29) is 11.9 Å². The molecule has 2 N–H and O–H groups in total. The van der Waals surface area contributed by atoms with Gasteiger partial charge in [-0.3, -0.25) is 4.79 Å². The molecule has 1 aliphatic heterocycles. The summed E-state index contributed by atoms with van der Waals surface area (Å²) in [4.78, 5) is 17.1. The molecule has 1 saturated heterocycles. The Bertz CT molecular complexity index is 450. The predicted molar refractivity (Wildman–Crippen MR) is 79.8 cm³/mol. The van der Waals surface area contributed by atoms with Crippen molar-refractivity contribution in [1.82, 2.24) is 15.6 Å². The highest BCUT2D eigenvalue weighted by Gasteiger charge is 2.40. The van der Waals surface area contributed by atoms with Gasteiger partial charge in [-0.25, -0.2) is 4.98 Å². The van der Waals surface area contributed by atoms with Gasteiger partial charge in [0.15, 0.2) is 0 Å². The van der Waals surface area contributed by atoms with Crippen molar-refractivity contribution in [1.29, 1.82) is 0 Å². The van der Waals surface area contributed by atoms with Crippen molar-refractivity contribution in [2.24, 2.45) is 5.41 Å². The van der Waals surface area contributed by atoms with E-state index in [1.807, 2.05) is 19.2 Å². The Hall–Kier alpha value is -0.980. The van der Waals surface area contributed by atoms with Crippen LogP contribution < -0.4 is 10.6 Å². The van der Waals surface area contributed by atoms with Gasteiger partial charge in [0, 0.05) is 18.2 Å². The van der Waals surface area contributed by atoms with Crippen molar-refractivity contribution in [2.75, 3.05) is 26.8 Å². The molecule has 1 fully saturated rings. The monoisotopic (exact) mass is 297 g/mol. The van der Waals surface area contributed by atoms with Crippen LogP contribution in [0.25, 0.3) is 0 Å². The van der Waals surface area contributed by atoms with Gasteiger partial charge in [0.1, 0.15) is 5.01 Å². The van der Waals surface area contributed by atoms with E-state index in [9.17, 15) is 4.79 Å². The molecule has 6 heteroatoms. The third-order valence-electron chi connectivity index (χ3n) is 3.82. The predicted octanol–water partition coefficient (Wildman–Crippen LogP) is 1.64. The third kappa shape index (κ3) is 3.37. The lowest BCUT2D eigenvalue weighted by Gasteiger charge is -2.36. The summed E-state index contributed by atoms with van der Waals surface area (Å²) in [7, 11) is 1.66. The quantitative estimate of drug-likeness (QED) is 0.867. The van der Waals surface area contributed by atoms with Crippen LogP contribution in [0.3, 0.4) is 0 Å². The normalized spacial score (nSPS) is 19.6. The molecule has 1 aromatic rings. The first kappa shape index (κ1) is 15.4. The first-order valence-electron chi connectivity index (χ1n) is 7.00. The summed E-state index contributed by atoms with van der Waals surface area (Å²) in [6.07, 6.45) is 1.63. The standard InChI is InChI=1S/C14H23N3O2S/c1-10-8-20-12(16-10)11(2)17-13(18)14(9-19-3)4-6-15-7-5-14/h8,11,15H,4-7,9H2,1-3H3,(H,17,18). The van der Waals surface area contributed by atoms with Gasteiger partial charge in [-0.15, -0.1) is 11.3 Å². The number of aryl methyl sites for hydroxylation is 1. The molecule has 2 heterocycles. The smallest absolute Gasteiger partial charge is 0.229 e. The zero-order valence-electron chi connectivity index (χ0n) is 12.4. The number of nitrogens with zero attached hydrogens (tertiary/aromatic N) is 1. The van der Waals surface area contributed by atoms with Crippen molar-refractivity contribution < 1.29 is 9.53 Å². The van der Waals surface area contributed by atoms with E-state index in [0.717, 1.165) is 36.6 Å². The van der Waals surface area contributed by atoms with Gasteiger partial charge >= 0.3 is 0 Å². The van der Waals surface area contributed by atoms with Gasteiger partial charge in [-0.2, -0.15) is 0 Å². The number of amides is 1. The molecule has 1 aromatic heterocycles. The van der Waals surface area contributed by atoms with E-state index < -0.39 is 5.41 Å². The maximum atomic E-state index is 12.7. The molecule has 2 rings (SSSR count). The molecule has 5 nitrogen and oxygen atoms in total. The Morgan fingerprint density at radius 2 is 2.30 bits per heavy atom.